The molecule has 0 unspecified atom stereocenters. The largest absolute Gasteiger partial charge is 0.383 e. The minimum Gasteiger partial charge on any atom is -0.383 e. The van der Waals surface area contributed by atoms with Crippen LogP contribution in [0.4, 0.5) is 4.39 Å². The van der Waals surface area contributed by atoms with Crippen molar-refractivity contribution < 1.29 is 13.9 Å². The Morgan fingerprint density at radius 1 is 1.29 bits per heavy atom. The lowest BCUT2D eigenvalue weighted by atomic mass is 10.2. The fourth-order valence-electron chi connectivity index (χ4n) is 2.42. The molecule has 124 valence electrons. The highest BCUT2D eigenvalue weighted by atomic mass is 19.1. The maximum Gasteiger partial charge on any atom is 0.251 e. The van der Waals surface area contributed by atoms with Gasteiger partial charge in [-0.2, -0.15) is 0 Å². The Labute approximate surface area is 138 Å². The van der Waals surface area contributed by atoms with Crippen LogP contribution in [0.1, 0.15) is 16.2 Å². The van der Waals surface area contributed by atoms with Crippen LogP contribution < -0.4 is 5.32 Å². The number of fused-ring (bicyclic) bond motifs is 1. The van der Waals surface area contributed by atoms with Gasteiger partial charge in [0.05, 0.1) is 13.2 Å². The zero-order valence-corrected chi connectivity index (χ0v) is 13.2. The van der Waals surface area contributed by atoms with Gasteiger partial charge in [-0.3, -0.25) is 4.79 Å². The van der Waals surface area contributed by atoms with Gasteiger partial charge in [0.1, 0.15) is 17.2 Å². The van der Waals surface area contributed by atoms with Crippen molar-refractivity contribution in [1.82, 2.24) is 19.9 Å². The van der Waals surface area contributed by atoms with E-state index < -0.39 is 0 Å². The summed E-state index contributed by atoms with van der Waals surface area (Å²) in [6.45, 7) is 1.35. The van der Waals surface area contributed by atoms with Crippen molar-refractivity contribution in [3.8, 4) is 0 Å². The molecule has 0 bridgehead atoms. The smallest absolute Gasteiger partial charge is 0.251 e. The van der Waals surface area contributed by atoms with Gasteiger partial charge in [-0.25, -0.2) is 14.4 Å². The number of amides is 1. The lowest BCUT2D eigenvalue weighted by Crippen LogP contribution is -2.25. The van der Waals surface area contributed by atoms with E-state index in [1.807, 2.05) is 16.7 Å². The molecule has 7 heteroatoms. The molecule has 0 saturated carbocycles. The van der Waals surface area contributed by atoms with Gasteiger partial charge in [-0.05, 0) is 36.4 Å². The highest BCUT2D eigenvalue weighted by molar-refractivity contribution is 5.94. The number of benzene rings is 1. The van der Waals surface area contributed by atoms with E-state index >= 15 is 0 Å². The monoisotopic (exact) mass is 328 g/mol. The number of pyridine rings is 1. The third kappa shape index (κ3) is 3.41. The number of nitrogens with zero attached hydrogens (tertiary/aromatic N) is 3. The topological polar surface area (TPSA) is 69.0 Å². The Bertz CT molecular complexity index is 845. The quantitative estimate of drug-likeness (QED) is 0.753. The van der Waals surface area contributed by atoms with Crippen molar-refractivity contribution in [2.24, 2.45) is 0 Å². The summed E-state index contributed by atoms with van der Waals surface area (Å²) in [4.78, 5) is 21.0. The second-order valence-electron chi connectivity index (χ2n) is 5.21. The molecule has 0 radical (unpaired) electrons. The van der Waals surface area contributed by atoms with Crippen LogP contribution >= 0.6 is 0 Å². The summed E-state index contributed by atoms with van der Waals surface area (Å²) >= 11 is 0. The fourth-order valence-corrected chi connectivity index (χ4v) is 2.42. The van der Waals surface area contributed by atoms with Gasteiger partial charge in [-0.1, -0.05) is 0 Å². The summed E-state index contributed by atoms with van der Waals surface area (Å²) in [6.07, 6.45) is 1.70. The van der Waals surface area contributed by atoms with Gasteiger partial charge < -0.3 is 14.6 Å². The summed E-state index contributed by atoms with van der Waals surface area (Å²) in [5.41, 5.74) is 1.91. The predicted octanol–water partition coefficient (Wildman–Crippen LogP) is 2.15. The Morgan fingerprint density at radius 2 is 2.08 bits per heavy atom. The highest BCUT2D eigenvalue weighted by Gasteiger charge is 2.13. The summed E-state index contributed by atoms with van der Waals surface area (Å²) in [5, 5.41) is 2.80. The van der Waals surface area contributed by atoms with E-state index in [0.29, 0.717) is 24.5 Å². The number of methoxy groups -OCH3 is 1. The number of aromatic nitrogens is 3. The van der Waals surface area contributed by atoms with E-state index in [4.69, 9.17) is 4.74 Å². The van der Waals surface area contributed by atoms with Crippen molar-refractivity contribution >= 4 is 17.1 Å². The number of ether oxygens (including phenoxy) is 1. The van der Waals surface area contributed by atoms with Crippen LogP contribution in [0.15, 0.2) is 42.6 Å². The molecule has 3 aromatic rings. The van der Waals surface area contributed by atoms with E-state index in [-0.39, 0.29) is 18.3 Å². The van der Waals surface area contributed by atoms with Crippen molar-refractivity contribution in [2.45, 2.75) is 13.1 Å². The maximum absolute atomic E-state index is 12.9. The predicted molar refractivity (Wildman–Crippen MR) is 87.0 cm³/mol. The highest BCUT2D eigenvalue weighted by Crippen LogP contribution is 2.13. The summed E-state index contributed by atoms with van der Waals surface area (Å²) in [6, 6.07) is 9.09. The van der Waals surface area contributed by atoms with Crippen LogP contribution in [-0.4, -0.2) is 34.2 Å². The minimum atomic E-state index is -0.376. The Kier molecular flexibility index (Phi) is 4.81. The van der Waals surface area contributed by atoms with Crippen molar-refractivity contribution in [1.29, 1.82) is 0 Å². The molecule has 1 amide bonds. The second-order valence-corrected chi connectivity index (χ2v) is 5.21. The summed E-state index contributed by atoms with van der Waals surface area (Å²) in [5.74, 6) is 0.0310. The number of hydrogen-bond acceptors (Lipinski definition) is 4. The molecular formula is C17H17FN4O2. The van der Waals surface area contributed by atoms with E-state index in [1.54, 1.807) is 13.3 Å². The number of rotatable bonds is 6. The average Bonchev–Trinajstić information content (AvgIpc) is 2.96. The molecule has 2 heterocycles. The molecule has 1 N–H and O–H groups in total. The molecule has 0 aliphatic carbocycles. The Morgan fingerprint density at radius 3 is 2.83 bits per heavy atom. The zero-order chi connectivity index (χ0) is 16.9. The van der Waals surface area contributed by atoms with Crippen LogP contribution in [0.5, 0.6) is 0 Å². The van der Waals surface area contributed by atoms with Crippen molar-refractivity contribution in [3.05, 3.63) is 59.8 Å². The van der Waals surface area contributed by atoms with Crippen LogP contribution in [0.25, 0.3) is 11.2 Å². The van der Waals surface area contributed by atoms with E-state index in [2.05, 4.69) is 15.3 Å². The molecule has 0 spiro atoms. The first-order chi connectivity index (χ1) is 11.7. The molecule has 0 aliphatic rings. The summed E-state index contributed by atoms with van der Waals surface area (Å²) in [7, 11) is 1.63. The third-order valence-electron chi connectivity index (χ3n) is 3.62. The molecule has 0 aliphatic heterocycles. The van der Waals surface area contributed by atoms with Crippen molar-refractivity contribution in [3.63, 3.8) is 0 Å². The first-order valence-corrected chi connectivity index (χ1v) is 7.52. The van der Waals surface area contributed by atoms with Crippen LogP contribution in [0.2, 0.25) is 0 Å². The van der Waals surface area contributed by atoms with Gasteiger partial charge >= 0.3 is 0 Å². The fraction of sp³-hybridized carbons (Fsp3) is 0.235. The lowest BCUT2D eigenvalue weighted by Gasteiger charge is -2.09. The minimum absolute atomic E-state index is 0.246. The molecule has 2 aromatic heterocycles. The van der Waals surface area contributed by atoms with E-state index in [1.165, 1.54) is 24.3 Å². The lowest BCUT2D eigenvalue weighted by molar-refractivity contribution is 0.0949. The zero-order valence-electron chi connectivity index (χ0n) is 13.2. The van der Waals surface area contributed by atoms with Crippen LogP contribution in [-0.2, 0) is 17.8 Å². The number of nitrogens with one attached hydrogen (secondary N) is 1. The average molecular weight is 328 g/mol. The maximum atomic E-state index is 12.9. The molecule has 0 saturated heterocycles. The number of imidazole rings is 1. The molecule has 24 heavy (non-hydrogen) atoms. The normalized spacial score (nSPS) is 10.9. The SMILES string of the molecule is COCCn1c(CNC(=O)c2ccc(F)cc2)nc2cccnc21. The first-order valence-electron chi connectivity index (χ1n) is 7.52. The van der Waals surface area contributed by atoms with Crippen molar-refractivity contribution in [2.75, 3.05) is 13.7 Å². The van der Waals surface area contributed by atoms with E-state index in [0.717, 1.165) is 11.2 Å². The second kappa shape index (κ2) is 7.18. The Balaban J connectivity index is 1.78. The first kappa shape index (κ1) is 16.1. The number of carbonyl (C=O) groups excluding carboxylic acids is 1. The molecular weight excluding hydrogens is 311 g/mol. The van der Waals surface area contributed by atoms with Gasteiger partial charge in [0, 0.05) is 25.4 Å². The van der Waals surface area contributed by atoms with Crippen LogP contribution in [0, 0.1) is 5.82 Å². The molecule has 1 aromatic carbocycles. The third-order valence-corrected chi connectivity index (χ3v) is 3.62. The van der Waals surface area contributed by atoms with Gasteiger partial charge in [0.25, 0.3) is 5.91 Å². The summed E-state index contributed by atoms with van der Waals surface area (Å²) < 4.78 is 20.0. The number of carbonyl (C=O) groups is 1. The Hall–Kier alpha value is -2.80. The number of hydrogen-bond donors (Lipinski definition) is 1. The van der Waals surface area contributed by atoms with Crippen LogP contribution in [0.3, 0.4) is 0 Å². The van der Waals surface area contributed by atoms with Gasteiger partial charge in [-0.15, -0.1) is 0 Å². The molecule has 0 fully saturated rings. The number of halogens is 1. The van der Waals surface area contributed by atoms with Gasteiger partial charge in [0.2, 0.25) is 0 Å². The molecule has 0 atom stereocenters. The standard InChI is InChI=1S/C17H17FN4O2/c1-24-10-9-22-15(21-14-3-2-8-19-16(14)22)11-20-17(23)12-4-6-13(18)7-5-12/h2-8H,9-11H2,1H3,(H,20,23). The molecule has 3 rings (SSSR count). The molecule has 6 nitrogen and oxygen atoms in total. The van der Waals surface area contributed by atoms with Gasteiger partial charge in [0.15, 0.2) is 5.65 Å². The van der Waals surface area contributed by atoms with E-state index in [9.17, 15) is 9.18 Å².